The van der Waals surface area contributed by atoms with Crippen molar-refractivity contribution >= 4 is 99.3 Å². The number of fused-ring (bicyclic) bond motifs is 6. The van der Waals surface area contributed by atoms with Crippen LogP contribution in [0, 0.1) is 0 Å². The molecule has 2 heterocycles. The minimum Gasteiger partial charge on any atom is -0.363 e. The van der Waals surface area contributed by atoms with E-state index in [0.717, 1.165) is 12.8 Å². The lowest BCUT2D eigenvalue weighted by atomic mass is 10.0. The summed E-state index contributed by atoms with van der Waals surface area (Å²) in [5.74, 6) is 0. The highest BCUT2D eigenvalue weighted by atomic mass is 28.3. The van der Waals surface area contributed by atoms with E-state index in [4.69, 9.17) is 0 Å². The normalized spacial score (nSPS) is 12.2. The van der Waals surface area contributed by atoms with Gasteiger partial charge in [-0.3, -0.25) is 0 Å². The Bertz CT molecular complexity index is 4350. The zero-order valence-corrected chi connectivity index (χ0v) is 72.8. The lowest BCUT2D eigenvalue weighted by molar-refractivity contribution is 0.614. The van der Waals surface area contributed by atoms with Crippen LogP contribution in [0.1, 0.15) is 271 Å². The van der Waals surface area contributed by atoms with Gasteiger partial charge in [-0.05, 0) is 151 Å². The molecule has 0 N–H and O–H groups in total. The number of hydrogen-bond donors (Lipinski definition) is 0. The minimum absolute atomic E-state index is 1.15. The summed E-state index contributed by atoms with van der Waals surface area (Å²) >= 11 is 0. The summed E-state index contributed by atoms with van der Waals surface area (Å²) in [5, 5.41) is 14.8. The van der Waals surface area contributed by atoms with Crippen molar-refractivity contribution in [2.24, 2.45) is 0 Å². The molecule has 0 saturated carbocycles. The quantitative estimate of drug-likeness (QED) is 0.0204. The van der Waals surface area contributed by atoms with Gasteiger partial charge in [0.2, 0.25) is 0 Å². The molecule has 0 aliphatic heterocycles. The van der Waals surface area contributed by atoms with Gasteiger partial charge in [-0.25, -0.2) is 0 Å². The van der Waals surface area contributed by atoms with Crippen LogP contribution in [0.2, 0.25) is 24.2 Å². The van der Waals surface area contributed by atoms with Crippen LogP contribution >= 0.6 is 0 Å². The van der Waals surface area contributed by atoms with Crippen molar-refractivity contribution in [1.29, 1.82) is 0 Å². The zero-order valence-electron chi connectivity index (χ0n) is 69.8. The van der Waals surface area contributed by atoms with Crippen molar-refractivity contribution in [2.75, 3.05) is 0 Å². The van der Waals surface area contributed by atoms with Crippen LogP contribution in [-0.4, -0.2) is 33.0 Å². The molecule has 0 spiro atoms. The Hall–Kier alpha value is -7.55. The molecule has 12 rings (SSSR count). The van der Waals surface area contributed by atoms with Crippen LogP contribution in [0.15, 0.2) is 243 Å². The maximum atomic E-state index is 3.07. The summed E-state index contributed by atoms with van der Waals surface area (Å²) < 4.78 is 6.14. The van der Waals surface area contributed by atoms with Gasteiger partial charge in [0.25, 0.3) is 0 Å². The molecule has 0 unspecified atom stereocenters. The first-order chi connectivity index (χ1) is 54.8. The highest BCUT2D eigenvalue weighted by molar-refractivity contribution is 7.20. The van der Waals surface area contributed by atoms with E-state index in [1.54, 1.807) is 10.4 Å². The molecule has 0 aliphatic carbocycles. The van der Waals surface area contributed by atoms with Crippen molar-refractivity contribution in [3.05, 3.63) is 254 Å². The Balaban J connectivity index is 1.09. The fourth-order valence-electron chi connectivity index (χ4n) is 19.6. The van der Waals surface area contributed by atoms with Crippen molar-refractivity contribution < 1.29 is 0 Å². The second-order valence-electron chi connectivity index (χ2n) is 33.7. The second kappa shape index (κ2) is 43.1. The number of unbranched alkanes of at least 4 members (excludes halogenated alkanes) is 28. The number of nitrogens with zero attached hydrogens (tertiary/aromatic N) is 2. The van der Waals surface area contributed by atoms with Crippen LogP contribution in [-0.2, 0) is 12.8 Å². The average Bonchev–Trinajstić information content (AvgIpc) is 1.71. The van der Waals surface area contributed by atoms with Gasteiger partial charge >= 0.3 is 0 Å². The van der Waals surface area contributed by atoms with Crippen molar-refractivity contribution in [2.45, 2.75) is 297 Å². The molecule has 584 valence electrons. The Morgan fingerprint density at radius 2 is 0.441 bits per heavy atom. The van der Waals surface area contributed by atoms with Gasteiger partial charge in [0.1, 0.15) is 0 Å². The molecule has 5 heteroatoms. The number of benzene rings is 10. The highest BCUT2D eigenvalue weighted by Crippen LogP contribution is 2.41. The first-order valence-electron chi connectivity index (χ1n) is 45.4. The van der Waals surface area contributed by atoms with E-state index in [-0.39, 0.29) is 0 Å². The molecule has 0 amide bonds. The summed E-state index contributed by atoms with van der Waals surface area (Å²) in [6, 6.07) is 104. The van der Waals surface area contributed by atoms with E-state index >= 15 is 0 Å². The summed E-state index contributed by atoms with van der Waals surface area (Å²) in [6.45, 7) is 14.2. The fourth-order valence-corrected chi connectivity index (χ4v) is 34.9. The van der Waals surface area contributed by atoms with E-state index in [2.05, 4.69) is 293 Å². The lowest BCUT2D eigenvalue weighted by Crippen LogP contribution is -2.75. The molecule has 111 heavy (non-hydrogen) atoms. The Labute approximate surface area is 675 Å². The highest BCUT2D eigenvalue weighted by Gasteiger charge is 2.46. The predicted molar refractivity (Wildman–Crippen MR) is 499 cm³/mol. The van der Waals surface area contributed by atoms with Crippen LogP contribution < -0.4 is 31.1 Å². The molecule has 0 radical (unpaired) electrons. The average molecular weight is 1520 g/mol. The van der Waals surface area contributed by atoms with Crippen molar-refractivity contribution in [3.63, 3.8) is 0 Å². The molecule has 2 nitrogen and oxygen atoms in total. The number of para-hydroxylation sites is 2. The molecule has 0 bridgehead atoms. The number of aromatic nitrogens is 2. The smallest absolute Gasteiger partial charge is 0.193 e. The summed E-state index contributed by atoms with van der Waals surface area (Å²) in [7, 11) is -8.52. The number of rotatable bonds is 50. The predicted octanol–water partition coefficient (Wildman–Crippen LogP) is 28.5. The third-order valence-electron chi connectivity index (χ3n) is 25.8. The lowest BCUT2D eigenvalue weighted by Gasteiger charge is -2.39. The number of aryl methyl sites for hydroxylation is 2. The first kappa shape index (κ1) is 82.9. The maximum absolute atomic E-state index is 3.23. The zero-order chi connectivity index (χ0) is 76.8. The van der Waals surface area contributed by atoms with Crippen LogP contribution in [0.5, 0.6) is 0 Å². The van der Waals surface area contributed by atoms with E-state index < -0.39 is 24.5 Å². The molecule has 0 atom stereocenters. The molecule has 0 saturated heterocycles. The van der Waals surface area contributed by atoms with E-state index in [1.165, 1.54) is 340 Å². The van der Waals surface area contributed by atoms with Crippen LogP contribution in [0.4, 0.5) is 0 Å². The van der Waals surface area contributed by atoms with Gasteiger partial charge in [0.05, 0.1) is 0 Å². The van der Waals surface area contributed by atoms with Gasteiger partial charge in [-0.2, -0.15) is 0 Å². The largest absolute Gasteiger partial charge is 0.363 e. The molecule has 2 aromatic heterocycles. The first-order valence-corrected chi connectivity index (χ1v) is 52.2. The minimum atomic E-state index is -3.23. The number of hydrogen-bond acceptors (Lipinski definition) is 0. The SMILES string of the molecule is CCCCCCCC[Si](CCCCCCCC)(c1ccc([Si](c2ccc(-c3ccccc3)cc2)(c2ccc(-c3ccccc3)cc2)c2ccc([Si](CCCCCCCC)(CCCCCCCC)n3c4ccccc4c4cc(CCCCCCC)ccc43)cc2)cc1)n1c2ccccc2c2cc(CCCCCCC)ccc21. The standard InChI is InChI=1S/C106H138N2Si3/c1-7-13-19-25-31-47-81-109(82-48-32-26-20-14-8-2,107-103-59-45-43-57-99(103)101-85-87(61-79-105(101)107)51-37-29-23-17-11-5)93-71-75-97(76-72-93)111(95-67-63-91(64-68-95)89-53-39-35-40-54-89,96-69-65-92(66-70-96)90-55-41-36-42-56-90)98-77-73-94(74-78-98)110(83-49-33-27-21-15-9-3,84-50-34-28-22-16-10-4)108-104-60-46-44-58-100(104)102-86-88(62-80-106(102)108)52-38-30-24-18-12-6/h35-36,39-46,53-80,85-86H,7-34,37-38,47-52,81-84H2,1-6H3. The van der Waals surface area contributed by atoms with E-state index in [1.807, 2.05) is 0 Å². The van der Waals surface area contributed by atoms with Gasteiger partial charge < -0.3 is 8.47 Å². The topological polar surface area (TPSA) is 9.86 Å². The molecular weight excluding hydrogens is 1390 g/mol. The molecule has 10 aromatic carbocycles. The third-order valence-corrected chi connectivity index (χ3v) is 40.8. The summed E-state index contributed by atoms with van der Waals surface area (Å²) in [4.78, 5) is 0. The second-order valence-corrected chi connectivity index (χ2v) is 45.6. The van der Waals surface area contributed by atoms with Gasteiger partial charge in [-0.15, -0.1) is 0 Å². The monoisotopic (exact) mass is 1520 g/mol. The van der Waals surface area contributed by atoms with Crippen molar-refractivity contribution in [3.8, 4) is 22.3 Å². The Morgan fingerprint density at radius 3 is 0.757 bits per heavy atom. The third kappa shape index (κ3) is 20.2. The van der Waals surface area contributed by atoms with Gasteiger partial charge in [0.15, 0.2) is 24.5 Å². The van der Waals surface area contributed by atoms with Crippen LogP contribution in [0.3, 0.4) is 0 Å². The van der Waals surface area contributed by atoms with Crippen molar-refractivity contribution in [1.82, 2.24) is 8.47 Å². The van der Waals surface area contributed by atoms with Gasteiger partial charge in [-0.1, -0.05) is 453 Å². The fraction of sp³-hybridized carbons (Fsp3) is 0.434. The van der Waals surface area contributed by atoms with Crippen LogP contribution in [0.25, 0.3) is 65.9 Å². The summed E-state index contributed by atoms with van der Waals surface area (Å²) in [6.07, 6.45) is 46.7. The molecule has 12 aromatic rings. The van der Waals surface area contributed by atoms with E-state index in [0.29, 0.717) is 0 Å². The Kier molecular flexibility index (Phi) is 32.2. The molecule has 0 aliphatic rings. The maximum Gasteiger partial charge on any atom is 0.193 e. The Morgan fingerprint density at radius 1 is 0.198 bits per heavy atom. The molecular formula is C106H138N2Si3. The van der Waals surface area contributed by atoms with E-state index in [9.17, 15) is 0 Å². The molecule has 0 fully saturated rings. The van der Waals surface area contributed by atoms with Gasteiger partial charge in [0, 0.05) is 43.6 Å². The summed E-state index contributed by atoms with van der Waals surface area (Å²) in [5.41, 5.74) is 13.9.